The molecule has 1 aromatic heterocycles. The van der Waals surface area contributed by atoms with Crippen LogP contribution in [-0.2, 0) is 0 Å². The molecule has 1 amide bonds. The van der Waals surface area contributed by atoms with Crippen LogP contribution in [0.4, 0.5) is 17.3 Å². The van der Waals surface area contributed by atoms with Gasteiger partial charge in [-0.1, -0.05) is 0 Å². The fraction of sp³-hybridized carbons (Fsp3) is 0.476. The molecular weight excluding hydrogens is 352 g/mol. The lowest BCUT2D eigenvalue weighted by Crippen LogP contribution is -2.29. The van der Waals surface area contributed by atoms with Gasteiger partial charge in [0.05, 0.1) is 5.56 Å². The fourth-order valence-electron chi connectivity index (χ4n) is 3.25. The standard InChI is InChI=1S/C21H30N6O/c1-26(2)12-6-11-22-20(28)17-15-23-21(24-16-17)25-18-7-9-19(10-8-18)27-13-4-3-5-14-27/h7-10,15-16H,3-6,11-14H2,1-2H3,(H,22,28)(H,23,24,25). The Morgan fingerprint density at radius 3 is 2.39 bits per heavy atom. The number of carbonyl (C=O) groups excluding carboxylic acids is 1. The van der Waals surface area contributed by atoms with Crippen LogP contribution in [0.25, 0.3) is 0 Å². The van der Waals surface area contributed by atoms with E-state index in [4.69, 9.17) is 0 Å². The van der Waals surface area contributed by atoms with Gasteiger partial charge in [0.25, 0.3) is 5.91 Å². The average molecular weight is 383 g/mol. The van der Waals surface area contributed by atoms with Crippen molar-refractivity contribution in [3.05, 3.63) is 42.2 Å². The summed E-state index contributed by atoms with van der Waals surface area (Å²) in [6.07, 6.45) is 7.88. The minimum atomic E-state index is -0.142. The quantitative estimate of drug-likeness (QED) is 0.684. The maximum atomic E-state index is 12.1. The van der Waals surface area contributed by atoms with Crippen LogP contribution in [0.2, 0.25) is 0 Å². The maximum absolute atomic E-state index is 12.1. The van der Waals surface area contributed by atoms with Crippen LogP contribution < -0.4 is 15.5 Å². The summed E-state index contributed by atoms with van der Waals surface area (Å²) in [5.41, 5.74) is 2.66. The molecule has 0 spiro atoms. The zero-order valence-electron chi connectivity index (χ0n) is 16.8. The predicted molar refractivity (Wildman–Crippen MR) is 113 cm³/mol. The third-order valence-corrected chi connectivity index (χ3v) is 4.83. The van der Waals surface area contributed by atoms with Crippen LogP contribution in [0, 0.1) is 0 Å². The zero-order chi connectivity index (χ0) is 19.8. The summed E-state index contributed by atoms with van der Waals surface area (Å²) in [7, 11) is 4.03. The van der Waals surface area contributed by atoms with E-state index < -0.39 is 0 Å². The maximum Gasteiger partial charge on any atom is 0.254 e. The van der Waals surface area contributed by atoms with Crippen LogP contribution >= 0.6 is 0 Å². The van der Waals surface area contributed by atoms with E-state index in [9.17, 15) is 4.79 Å². The third-order valence-electron chi connectivity index (χ3n) is 4.83. The van der Waals surface area contributed by atoms with Gasteiger partial charge in [-0.25, -0.2) is 9.97 Å². The van der Waals surface area contributed by atoms with Crippen LogP contribution in [0.15, 0.2) is 36.7 Å². The molecule has 0 saturated carbocycles. The first-order valence-electron chi connectivity index (χ1n) is 9.99. The molecule has 1 fully saturated rings. The van der Waals surface area contributed by atoms with Crippen LogP contribution in [0.1, 0.15) is 36.0 Å². The van der Waals surface area contributed by atoms with Gasteiger partial charge in [0.15, 0.2) is 0 Å². The van der Waals surface area contributed by atoms with Crippen LogP contribution in [0.3, 0.4) is 0 Å². The van der Waals surface area contributed by atoms with E-state index in [0.29, 0.717) is 18.1 Å². The van der Waals surface area contributed by atoms with Gasteiger partial charge in [-0.3, -0.25) is 4.79 Å². The van der Waals surface area contributed by atoms with Gasteiger partial charge < -0.3 is 20.4 Å². The van der Waals surface area contributed by atoms with Crippen LogP contribution in [0.5, 0.6) is 0 Å². The Hall–Kier alpha value is -2.67. The lowest BCUT2D eigenvalue weighted by atomic mass is 10.1. The first-order chi connectivity index (χ1) is 13.6. The number of anilines is 3. The second-order valence-electron chi connectivity index (χ2n) is 7.43. The van der Waals surface area contributed by atoms with Crippen molar-refractivity contribution in [1.29, 1.82) is 0 Å². The van der Waals surface area contributed by atoms with E-state index >= 15 is 0 Å². The van der Waals surface area contributed by atoms with Crippen molar-refractivity contribution in [1.82, 2.24) is 20.2 Å². The molecule has 2 N–H and O–H groups in total. The topological polar surface area (TPSA) is 73.4 Å². The monoisotopic (exact) mass is 382 g/mol. The number of rotatable bonds is 8. The molecule has 1 aliphatic heterocycles. The second-order valence-corrected chi connectivity index (χ2v) is 7.43. The summed E-state index contributed by atoms with van der Waals surface area (Å²) in [5, 5.41) is 6.08. The molecule has 1 aromatic carbocycles. The summed E-state index contributed by atoms with van der Waals surface area (Å²) in [4.78, 5) is 25.2. The minimum Gasteiger partial charge on any atom is -0.372 e. The lowest BCUT2D eigenvalue weighted by Gasteiger charge is -2.28. The molecule has 1 aliphatic rings. The first-order valence-corrected chi connectivity index (χ1v) is 9.99. The molecule has 150 valence electrons. The number of nitrogens with one attached hydrogen (secondary N) is 2. The molecule has 7 nitrogen and oxygen atoms in total. The van der Waals surface area contributed by atoms with Crippen molar-refractivity contribution in [3.8, 4) is 0 Å². The van der Waals surface area contributed by atoms with E-state index in [1.54, 1.807) is 12.4 Å². The number of aromatic nitrogens is 2. The summed E-state index contributed by atoms with van der Waals surface area (Å²) in [6.45, 7) is 3.85. The Morgan fingerprint density at radius 1 is 1.07 bits per heavy atom. The van der Waals surface area contributed by atoms with Crippen molar-refractivity contribution in [3.63, 3.8) is 0 Å². The molecule has 1 saturated heterocycles. The lowest BCUT2D eigenvalue weighted by molar-refractivity contribution is 0.0951. The second kappa shape index (κ2) is 10.0. The largest absolute Gasteiger partial charge is 0.372 e. The van der Waals surface area contributed by atoms with Crippen molar-refractivity contribution in [2.45, 2.75) is 25.7 Å². The van der Waals surface area contributed by atoms with Gasteiger partial charge >= 0.3 is 0 Å². The Bertz CT molecular complexity index is 738. The van der Waals surface area contributed by atoms with E-state index in [1.807, 2.05) is 26.2 Å². The highest BCUT2D eigenvalue weighted by Gasteiger charge is 2.11. The normalized spacial score (nSPS) is 14.2. The Balaban J connectivity index is 1.50. The highest BCUT2D eigenvalue weighted by molar-refractivity contribution is 5.93. The van der Waals surface area contributed by atoms with Gasteiger partial charge in [-0.15, -0.1) is 0 Å². The number of hydrogen-bond acceptors (Lipinski definition) is 6. The van der Waals surface area contributed by atoms with E-state index in [-0.39, 0.29) is 5.91 Å². The molecular formula is C21H30N6O. The fourth-order valence-corrected chi connectivity index (χ4v) is 3.25. The Kier molecular flexibility index (Phi) is 7.19. The van der Waals surface area contributed by atoms with Gasteiger partial charge in [-0.05, 0) is 70.6 Å². The number of amides is 1. The number of hydrogen-bond donors (Lipinski definition) is 2. The number of carbonyl (C=O) groups is 1. The van der Waals surface area contributed by atoms with E-state index in [2.05, 4.69) is 42.5 Å². The summed E-state index contributed by atoms with van der Waals surface area (Å²) >= 11 is 0. The predicted octanol–water partition coefficient (Wildman–Crippen LogP) is 2.89. The van der Waals surface area contributed by atoms with Crippen LogP contribution in [-0.4, -0.2) is 61.0 Å². The molecule has 2 heterocycles. The highest BCUT2D eigenvalue weighted by atomic mass is 16.1. The van der Waals surface area contributed by atoms with Crippen molar-refractivity contribution in [2.75, 3.05) is 50.5 Å². The molecule has 0 radical (unpaired) electrons. The number of nitrogens with zero attached hydrogens (tertiary/aromatic N) is 4. The molecule has 7 heteroatoms. The van der Waals surface area contributed by atoms with Crippen molar-refractivity contribution >= 4 is 23.2 Å². The average Bonchev–Trinajstić information content (AvgIpc) is 2.73. The SMILES string of the molecule is CN(C)CCCNC(=O)c1cnc(Nc2ccc(N3CCCCC3)cc2)nc1. The van der Waals surface area contributed by atoms with Gasteiger partial charge in [0.1, 0.15) is 0 Å². The highest BCUT2D eigenvalue weighted by Crippen LogP contribution is 2.22. The Morgan fingerprint density at radius 2 is 1.75 bits per heavy atom. The zero-order valence-corrected chi connectivity index (χ0v) is 16.8. The molecule has 3 rings (SSSR count). The third kappa shape index (κ3) is 5.92. The number of piperidine rings is 1. The van der Waals surface area contributed by atoms with Gasteiger partial charge in [-0.2, -0.15) is 0 Å². The Labute approximate surface area is 167 Å². The summed E-state index contributed by atoms with van der Waals surface area (Å²) in [5.74, 6) is 0.339. The number of benzene rings is 1. The minimum absolute atomic E-state index is 0.142. The smallest absolute Gasteiger partial charge is 0.254 e. The first kappa shape index (κ1) is 20.1. The molecule has 0 aliphatic carbocycles. The molecule has 2 aromatic rings. The molecule has 0 atom stereocenters. The van der Waals surface area contributed by atoms with E-state index in [0.717, 1.165) is 31.7 Å². The van der Waals surface area contributed by atoms with Gasteiger partial charge in [0, 0.05) is 43.4 Å². The van der Waals surface area contributed by atoms with Crippen molar-refractivity contribution < 1.29 is 4.79 Å². The molecule has 28 heavy (non-hydrogen) atoms. The summed E-state index contributed by atoms with van der Waals surface area (Å²) in [6, 6.07) is 8.34. The molecule has 0 unspecified atom stereocenters. The summed E-state index contributed by atoms with van der Waals surface area (Å²) < 4.78 is 0. The molecule has 0 bridgehead atoms. The van der Waals surface area contributed by atoms with Crippen molar-refractivity contribution in [2.24, 2.45) is 0 Å². The van der Waals surface area contributed by atoms with E-state index in [1.165, 1.54) is 24.9 Å². The van der Waals surface area contributed by atoms with Gasteiger partial charge in [0.2, 0.25) is 5.95 Å².